The Kier molecular flexibility index (Phi) is 5.44. The molecule has 0 fully saturated rings. The van der Waals surface area contributed by atoms with E-state index in [4.69, 9.17) is 5.11 Å². The molecule has 0 radical (unpaired) electrons. The van der Waals surface area contributed by atoms with Crippen LogP contribution in [0, 0.1) is 12.8 Å². The Morgan fingerprint density at radius 1 is 1.38 bits per heavy atom. The predicted molar refractivity (Wildman–Crippen MR) is 84.2 cm³/mol. The van der Waals surface area contributed by atoms with Crippen LogP contribution in [0.25, 0.3) is 0 Å². The molecule has 21 heavy (non-hydrogen) atoms. The first kappa shape index (κ1) is 15.6. The van der Waals surface area contributed by atoms with E-state index < -0.39 is 11.9 Å². The number of carbonyl (C=O) groups excluding carboxylic acids is 1. The third-order valence-electron chi connectivity index (χ3n) is 3.33. The van der Waals surface area contributed by atoms with Crippen LogP contribution in [0.5, 0.6) is 0 Å². The van der Waals surface area contributed by atoms with E-state index in [0.29, 0.717) is 12.2 Å². The van der Waals surface area contributed by atoms with E-state index in [1.807, 2.05) is 19.1 Å². The van der Waals surface area contributed by atoms with Crippen LogP contribution in [0.15, 0.2) is 36.4 Å². The summed E-state index contributed by atoms with van der Waals surface area (Å²) in [5.41, 5.74) is 2.42. The summed E-state index contributed by atoms with van der Waals surface area (Å²) in [5.74, 6) is -0.177. The molecule has 1 amide bonds. The van der Waals surface area contributed by atoms with Crippen LogP contribution in [0.2, 0.25) is 0 Å². The molecule has 0 bridgehead atoms. The highest BCUT2D eigenvalue weighted by molar-refractivity contribution is 7.99. The maximum absolute atomic E-state index is 11.8. The number of rotatable bonds is 6. The average Bonchev–Trinajstić information content (AvgIpc) is 2.87. The molecule has 2 rings (SSSR count). The van der Waals surface area contributed by atoms with Crippen molar-refractivity contribution in [3.05, 3.63) is 47.5 Å². The average molecular weight is 305 g/mol. The SMILES string of the molecule is Cc1cccc(CSCC(=O)NC2C=CC(C(=O)O)C2)c1. The Morgan fingerprint density at radius 3 is 2.86 bits per heavy atom. The van der Waals surface area contributed by atoms with E-state index >= 15 is 0 Å². The molecule has 5 heteroatoms. The molecule has 1 aromatic carbocycles. The molecule has 2 N–H and O–H groups in total. The standard InChI is InChI=1S/C16H19NO3S/c1-11-3-2-4-12(7-11)9-21-10-15(18)17-14-6-5-13(8-14)16(19)20/h2-7,13-14H,8-10H2,1H3,(H,17,18)(H,19,20). The zero-order valence-electron chi connectivity index (χ0n) is 11.9. The van der Waals surface area contributed by atoms with Gasteiger partial charge in [0.25, 0.3) is 0 Å². The van der Waals surface area contributed by atoms with Crippen LogP contribution >= 0.6 is 11.8 Å². The van der Waals surface area contributed by atoms with Crippen molar-refractivity contribution in [1.29, 1.82) is 0 Å². The van der Waals surface area contributed by atoms with E-state index in [1.54, 1.807) is 23.9 Å². The van der Waals surface area contributed by atoms with Crippen molar-refractivity contribution in [2.45, 2.75) is 25.1 Å². The van der Waals surface area contributed by atoms with E-state index in [9.17, 15) is 9.59 Å². The van der Waals surface area contributed by atoms with E-state index in [0.717, 1.165) is 5.75 Å². The summed E-state index contributed by atoms with van der Waals surface area (Å²) in [5, 5.41) is 11.7. The summed E-state index contributed by atoms with van der Waals surface area (Å²) >= 11 is 1.56. The Labute approximate surface area is 128 Å². The summed E-state index contributed by atoms with van der Waals surface area (Å²) in [7, 11) is 0. The topological polar surface area (TPSA) is 66.4 Å². The molecule has 0 spiro atoms. The number of hydrogen-bond acceptors (Lipinski definition) is 3. The Balaban J connectivity index is 1.69. The van der Waals surface area contributed by atoms with Crippen LogP contribution in [0.4, 0.5) is 0 Å². The lowest BCUT2D eigenvalue weighted by atomic mass is 10.1. The van der Waals surface area contributed by atoms with E-state index in [1.165, 1.54) is 11.1 Å². The molecule has 2 unspecified atom stereocenters. The number of thioether (sulfide) groups is 1. The minimum absolute atomic E-state index is 0.0478. The van der Waals surface area contributed by atoms with Gasteiger partial charge in [-0.1, -0.05) is 42.0 Å². The van der Waals surface area contributed by atoms with E-state index in [2.05, 4.69) is 17.4 Å². The monoisotopic (exact) mass is 305 g/mol. The maximum atomic E-state index is 11.8. The quantitative estimate of drug-likeness (QED) is 0.792. The smallest absolute Gasteiger partial charge is 0.310 e. The largest absolute Gasteiger partial charge is 0.481 e. The molecule has 1 aromatic rings. The molecule has 0 heterocycles. The van der Waals surface area contributed by atoms with Gasteiger partial charge in [-0.15, -0.1) is 11.8 Å². The summed E-state index contributed by atoms with van der Waals surface area (Å²) in [6.07, 6.45) is 3.86. The fourth-order valence-corrected chi connectivity index (χ4v) is 3.09. The minimum atomic E-state index is -0.836. The molecular weight excluding hydrogens is 286 g/mol. The van der Waals surface area contributed by atoms with Crippen LogP contribution < -0.4 is 5.32 Å². The van der Waals surface area contributed by atoms with Crippen LogP contribution in [0.1, 0.15) is 17.5 Å². The fourth-order valence-electron chi connectivity index (χ4n) is 2.30. The van der Waals surface area contributed by atoms with Crippen molar-refractivity contribution >= 4 is 23.6 Å². The van der Waals surface area contributed by atoms with Crippen molar-refractivity contribution in [1.82, 2.24) is 5.32 Å². The number of hydrogen-bond donors (Lipinski definition) is 2. The zero-order chi connectivity index (χ0) is 15.2. The van der Waals surface area contributed by atoms with Gasteiger partial charge in [0.2, 0.25) is 5.91 Å². The molecule has 1 aliphatic rings. The van der Waals surface area contributed by atoms with Gasteiger partial charge in [-0.2, -0.15) is 0 Å². The van der Waals surface area contributed by atoms with Gasteiger partial charge in [0.1, 0.15) is 0 Å². The lowest BCUT2D eigenvalue weighted by Crippen LogP contribution is -2.34. The van der Waals surface area contributed by atoms with Gasteiger partial charge < -0.3 is 10.4 Å². The lowest BCUT2D eigenvalue weighted by molar-refractivity contribution is -0.140. The highest BCUT2D eigenvalue weighted by Gasteiger charge is 2.25. The van der Waals surface area contributed by atoms with Crippen molar-refractivity contribution in [2.75, 3.05) is 5.75 Å². The molecule has 1 aliphatic carbocycles. The second-order valence-corrected chi connectivity index (χ2v) is 6.21. The summed E-state index contributed by atoms with van der Waals surface area (Å²) in [6.45, 7) is 2.05. The molecule has 0 saturated carbocycles. The van der Waals surface area contributed by atoms with Crippen LogP contribution in [-0.4, -0.2) is 28.8 Å². The zero-order valence-corrected chi connectivity index (χ0v) is 12.7. The molecule has 4 nitrogen and oxygen atoms in total. The second kappa shape index (κ2) is 7.31. The number of aliphatic carboxylic acids is 1. The highest BCUT2D eigenvalue weighted by atomic mass is 32.2. The first-order chi connectivity index (χ1) is 10.0. The van der Waals surface area contributed by atoms with Gasteiger partial charge in [0.05, 0.1) is 11.7 Å². The van der Waals surface area contributed by atoms with Crippen molar-refractivity contribution in [3.63, 3.8) is 0 Å². The number of carboxylic acid groups (broad SMARTS) is 1. The minimum Gasteiger partial charge on any atom is -0.481 e. The molecular formula is C16H19NO3S. The van der Waals surface area contributed by atoms with Crippen molar-refractivity contribution in [3.8, 4) is 0 Å². The normalized spacial score (nSPS) is 20.4. The van der Waals surface area contributed by atoms with Gasteiger partial charge in [0, 0.05) is 11.8 Å². The molecule has 0 aromatic heterocycles. The molecule has 2 atom stereocenters. The van der Waals surface area contributed by atoms with Gasteiger partial charge in [-0.3, -0.25) is 9.59 Å². The molecule has 0 saturated heterocycles. The Morgan fingerprint density at radius 2 is 2.19 bits per heavy atom. The summed E-state index contributed by atoms with van der Waals surface area (Å²) in [4.78, 5) is 22.6. The number of carbonyl (C=O) groups is 2. The number of benzene rings is 1. The Hall–Kier alpha value is -1.75. The predicted octanol–water partition coefficient (Wildman–Crippen LogP) is 2.37. The molecule has 112 valence electrons. The van der Waals surface area contributed by atoms with Gasteiger partial charge >= 0.3 is 5.97 Å². The fraction of sp³-hybridized carbons (Fsp3) is 0.375. The number of nitrogens with one attached hydrogen (secondary N) is 1. The van der Waals surface area contributed by atoms with Crippen LogP contribution in [0.3, 0.4) is 0 Å². The highest BCUT2D eigenvalue weighted by Crippen LogP contribution is 2.18. The Bertz CT molecular complexity index is 556. The number of aryl methyl sites for hydroxylation is 1. The molecule has 0 aliphatic heterocycles. The summed E-state index contributed by atoms with van der Waals surface area (Å²) < 4.78 is 0. The van der Waals surface area contributed by atoms with Crippen molar-refractivity contribution < 1.29 is 14.7 Å². The number of amides is 1. The van der Waals surface area contributed by atoms with Gasteiger partial charge in [0.15, 0.2) is 0 Å². The van der Waals surface area contributed by atoms with Crippen molar-refractivity contribution in [2.24, 2.45) is 5.92 Å². The first-order valence-corrected chi connectivity index (χ1v) is 8.04. The van der Waals surface area contributed by atoms with Gasteiger partial charge in [-0.05, 0) is 18.9 Å². The number of carboxylic acids is 1. The van der Waals surface area contributed by atoms with E-state index in [-0.39, 0.29) is 11.9 Å². The first-order valence-electron chi connectivity index (χ1n) is 6.88. The third kappa shape index (κ3) is 4.93. The summed E-state index contributed by atoms with van der Waals surface area (Å²) in [6, 6.07) is 8.07. The third-order valence-corrected chi connectivity index (χ3v) is 4.34. The lowest BCUT2D eigenvalue weighted by Gasteiger charge is -2.12. The maximum Gasteiger partial charge on any atom is 0.310 e. The van der Waals surface area contributed by atoms with Crippen LogP contribution in [-0.2, 0) is 15.3 Å². The second-order valence-electron chi connectivity index (χ2n) is 5.22. The van der Waals surface area contributed by atoms with Gasteiger partial charge in [-0.25, -0.2) is 0 Å².